The molecule has 0 radical (unpaired) electrons. The van der Waals surface area contributed by atoms with Gasteiger partial charge in [0, 0.05) is 6.20 Å². The van der Waals surface area contributed by atoms with Crippen molar-refractivity contribution in [2.24, 2.45) is 0 Å². The van der Waals surface area contributed by atoms with Gasteiger partial charge in [0.05, 0.1) is 11.2 Å². The van der Waals surface area contributed by atoms with E-state index in [1.165, 1.54) is 0 Å². The summed E-state index contributed by atoms with van der Waals surface area (Å²) in [6, 6.07) is 3.78. The van der Waals surface area contributed by atoms with Gasteiger partial charge in [-0.25, -0.2) is 4.52 Å². The first-order valence-electron chi connectivity index (χ1n) is 6.16. The minimum atomic E-state index is -0.398. The van der Waals surface area contributed by atoms with Crippen LogP contribution >= 0.6 is 11.6 Å². The van der Waals surface area contributed by atoms with Crippen molar-refractivity contribution in [3.05, 3.63) is 23.6 Å². The highest BCUT2D eigenvalue weighted by Crippen LogP contribution is 2.36. The molecule has 1 aliphatic heterocycles. The monoisotopic (exact) mass is 279 g/mol. The van der Waals surface area contributed by atoms with Gasteiger partial charge in [0.1, 0.15) is 0 Å². The molecule has 19 heavy (non-hydrogen) atoms. The maximum Gasteiger partial charge on any atom is 0.495 e. The molecule has 0 atom stereocenters. The van der Waals surface area contributed by atoms with E-state index in [9.17, 15) is 0 Å². The summed E-state index contributed by atoms with van der Waals surface area (Å²) < 4.78 is 13.6. The third-order valence-electron chi connectivity index (χ3n) is 3.86. The van der Waals surface area contributed by atoms with Gasteiger partial charge in [-0.1, -0.05) is 0 Å². The third-order valence-corrected chi connectivity index (χ3v) is 4.02. The lowest BCUT2D eigenvalue weighted by Gasteiger charge is -2.32. The van der Waals surface area contributed by atoms with E-state index in [-0.39, 0.29) is 16.5 Å². The van der Waals surface area contributed by atoms with Crippen LogP contribution in [0, 0.1) is 0 Å². The molecule has 1 aliphatic rings. The Hall–Kier alpha value is -1.11. The number of rotatable bonds is 1. The van der Waals surface area contributed by atoms with Crippen molar-refractivity contribution in [3.63, 3.8) is 0 Å². The smallest absolute Gasteiger partial charge is 0.399 e. The fourth-order valence-electron chi connectivity index (χ4n) is 2.00. The molecule has 0 aromatic carbocycles. The number of pyridine rings is 1. The zero-order valence-electron chi connectivity index (χ0n) is 11.3. The summed E-state index contributed by atoms with van der Waals surface area (Å²) in [5, 5.41) is 4.26. The minimum absolute atomic E-state index is 0.228. The molecule has 3 heterocycles. The predicted molar refractivity (Wildman–Crippen MR) is 73.7 cm³/mol. The molecule has 0 spiro atoms. The molecular weight excluding hydrogens is 264 g/mol. The van der Waals surface area contributed by atoms with Crippen LogP contribution in [0.3, 0.4) is 0 Å². The molecule has 3 rings (SSSR count). The fourth-order valence-corrected chi connectivity index (χ4v) is 2.16. The minimum Gasteiger partial charge on any atom is -0.399 e. The van der Waals surface area contributed by atoms with Crippen molar-refractivity contribution in [1.29, 1.82) is 0 Å². The Kier molecular flexibility index (Phi) is 2.68. The van der Waals surface area contributed by atoms with Crippen LogP contribution in [0.25, 0.3) is 5.65 Å². The van der Waals surface area contributed by atoms with Gasteiger partial charge in [0.25, 0.3) is 0 Å². The van der Waals surface area contributed by atoms with Gasteiger partial charge < -0.3 is 9.31 Å². The summed E-state index contributed by atoms with van der Waals surface area (Å²) in [6.07, 6.45) is 1.80. The van der Waals surface area contributed by atoms with Gasteiger partial charge >= 0.3 is 7.12 Å². The second-order valence-electron chi connectivity index (χ2n) is 5.73. The first kappa shape index (κ1) is 12.9. The Morgan fingerprint density at radius 2 is 1.84 bits per heavy atom. The van der Waals surface area contributed by atoms with Gasteiger partial charge in [-0.15, -0.1) is 5.10 Å². The molecule has 0 aliphatic carbocycles. The topological polar surface area (TPSA) is 48.7 Å². The number of nitrogens with zero attached hydrogens (tertiary/aromatic N) is 3. The van der Waals surface area contributed by atoms with E-state index in [0.717, 1.165) is 5.46 Å². The molecule has 0 unspecified atom stereocenters. The van der Waals surface area contributed by atoms with Crippen LogP contribution in [0.2, 0.25) is 5.28 Å². The SMILES string of the molecule is CC1(C)OB(c2ccn3nc(Cl)nc3c2)OC1(C)C. The highest BCUT2D eigenvalue weighted by Gasteiger charge is 2.51. The summed E-state index contributed by atoms with van der Waals surface area (Å²) in [5.74, 6) is 0. The van der Waals surface area contributed by atoms with E-state index in [4.69, 9.17) is 20.9 Å². The third kappa shape index (κ3) is 2.04. The summed E-state index contributed by atoms with van der Waals surface area (Å²) in [4.78, 5) is 4.12. The molecule has 5 nitrogen and oxygen atoms in total. The highest BCUT2D eigenvalue weighted by molar-refractivity contribution is 6.62. The number of hydrogen-bond acceptors (Lipinski definition) is 4. The lowest BCUT2D eigenvalue weighted by atomic mass is 9.80. The van der Waals surface area contributed by atoms with Crippen molar-refractivity contribution in [2.45, 2.75) is 38.9 Å². The van der Waals surface area contributed by atoms with Crippen molar-refractivity contribution in [3.8, 4) is 0 Å². The second kappa shape index (κ2) is 3.94. The number of aromatic nitrogens is 3. The lowest BCUT2D eigenvalue weighted by molar-refractivity contribution is 0.00578. The Bertz CT molecular complexity index is 625. The van der Waals surface area contributed by atoms with E-state index in [1.807, 2.05) is 39.8 Å². The average Bonchev–Trinajstić information content (AvgIpc) is 2.74. The first-order chi connectivity index (χ1) is 8.78. The highest BCUT2D eigenvalue weighted by atomic mass is 35.5. The van der Waals surface area contributed by atoms with Crippen LogP contribution in [-0.4, -0.2) is 32.9 Å². The van der Waals surface area contributed by atoms with Crippen LogP contribution in [-0.2, 0) is 9.31 Å². The molecule has 2 aromatic rings. The van der Waals surface area contributed by atoms with Gasteiger partial charge in [-0.3, -0.25) is 0 Å². The molecular formula is C12H15BClN3O2. The van der Waals surface area contributed by atoms with Gasteiger partial charge in [0.2, 0.25) is 5.28 Å². The van der Waals surface area contributed by atoms with Crippen LogP contribution in [0.15, 0.2) is 18.3 Å². The summed E-state index contributed by atoms with van der Waals surface area (Å²) >= 11 is 5.78. The Labute approximate surface area is 117 Å². The molecule has 0 N–H and O–H groups in total. The van der Waals surface area contributed by atoms with Crippen LogP contribution in [0.1, 0.15) is 27.7 Å². The lowest BCUT2D eigenvalue weighted by Crippen LogP contribution is -2.41. The zero-order valence-corrected chi connectivity index (χ0v) is 12.1. The van der Waals surface area contributed by atoms with Crippen molar-refractivity contribution in [2.75, 3.05) is 0 Å². The quantitative estimate of drug-likeness (QED) is 0.745. The largest absolute Gasteiger partial charge is 0.495 e. The summed E-state index contributed by atoms with van der Waals surface area (Å²) in [7, 11) is -0.398. The molecule has 100 valence electrons. The normalized spacial score (nSPS) is 21.2. The Morgan fingerprint density at radius 1 is 1.21 bits per heavy atom. The average molecular weight is 280 g/mol. The van der Waals surface area contributed by atoms with Gasteiger partial charge in [0.15, 0.2) is 5.65 Å². The van der Waals surface area contributed by atoms with E-state index >= 15 is 0 Å². The summed E-state index contributed by atoms with van der Waals surface area (Å²) in [5.41, 5.74) is 0.886. The molecule has 1 fully saturated rings. The van der Waals surface area contributed by atoms with Crippen molar-refractivity contribution < 1.29 is 9.31 Å². The maximum absolute atomic E-state index is 5.99. The van der Waals surface area contributed by atoms with Crippen LogP contribution in [0.5, 0.6) is 0 Å². The first-order valence-corrected chi connectivity index (χ1v) is 6.54. The van der Waals surface area contributed by atoms with E-state index in [1.54, 1.807) is 10.7 Å². The molecule has 1 saturated heterocycles. The maximum atomic E-state index is 5.99. The van der Waals surface area contributed by atoms with Crippen LogP contribution < -0.4 is 5.46 Å². The number of fused-ring (bicyclic) bond motifs is 1. The van der Waals surface area contributed by atoms with Crippen LogP contribution in [0.4, 0.5) is 0 Å². The molecule has 0 amide bonds. The Balaban J connectivity index is 1.97. The fraction of sp³-hybridized carbons (Fsp3) is 0.500. The molecule has 2 aromatic heterocycles. The zero-order chi connectivity index (χ0) is 13.8. The molecule has 0 bridgehead atoms. The standard InChI is InChI=1S/C12H15BClN3O2/c1-11(2)12(3,4)19-13(18-11)8-5-6-17-9(7-8)15-10(14)16-17/h5-7H,1-4H3. The van der Waals surface area contributed by atoms with Gasteiger partial charge in [-0.05, 0) is 56.9 Å². The molecule has 7 heteroatoms. The summed E-state index contributed by atoms with van der Waals surface area (Å²) in [6.45, 7) is 8.11. The van der Waals surface area contributed by atoms with Crippen molar-refractivity contribution in [1.82, 2.24) is 14.6 Å². The van der Waals surface area contributed by atoms with Crippen molar-refractivity contribution >= 4 is 29.8 Å². The number of halogens is 1. The van der Waals surface area contributed by atoms with E-state index in [2.05, 4.69) is 10.1 Å². The second-order valence-corrected chi connectivity index (χ2v) is 6.07. The number of hydrogen-bond donors (Lipinski definition) is 0. The van der Waals surface area contributed by atoms with E-state index in [0.29, 0.717) is 5.65 Å². The predicted octanol–water partition coefficient (Wildman–Crippen LogP) is 1.68. The molecule has 0 saturated carbocycles. The van der Waals surface area contributed by atoms with Gasteiger partial charge in [-0.2, -0.15) is 4.98 Å². The Morgan fingerprint density at radius 3 is 2.47 bits per heavy atom. The van der Waals surface area contributed by atoms with E-state index < -0.39 is 7.12 Å².